The molecule has 0 fully saturated rings. The fraction of sp³-hybridized carbons (Fsp3) is 0.615. The number of fused-ring (bicyclic) bond motifs is 1. The van der Waals surface area contributed by atoms with Crippen LogP contribution in [0.4, 0.5) is 5.82 Å². The smallest absolute Gasteiger partial charge is 0.226 e. The van der Waals surface area contributed by atoms with Crippen LogP contribution >= 0.6 is 27.5 Å². The molecule has 0 aliphatic heterocycles. The number of aromatic nitrogens is 4. The van der Waals surface area contributed by atoms with Crippen LogP contribution in [-0.4, -0.2) is 25.1 Å². The molecule has 20 heavy (non-hydrogen) atoms. The highest BCUT2D eigenvalue weighted by molar-refractivity contribution is 9.09. The molecule has 5 nitrogen and oxygen atoms in total. The summed E-state index contributed by atoms with van der Waals surface area (Å²) in [4.78, 5) is 8.13. The number of alkyl halides is 1. The standard InChI is InChI=1S/C13H19BrClN5/c14-7-5-3-1-2-4-6-8-20-12-10(9-17-20)11(16)18-13(15)19-12/h9H,1-8H2,(H2,16,18,19). The summed E-state index contributed by atoms with van der Waals surface area (Å²) in [5.41, 5.74) is 6.52. The Kier molecular flexibility index (Phi) is 6.04. The van der Waals surface area contributed by atoms with Crippen LogP contribution in [-0.2, 0) is 6.54 Å². The summed E-state index contributed by atoms with van der Waals surface area (Å²) < 4.78 is 1.86. The Morgan fingerprint density at radius 3 is 2.55 bits per heavy atom. The Bertz CT molecular complexity index is 557. The van der Waals surface area contributed by atoms with Crippen molar-refractivity contribution in [1.29, 1.82) is 0 Å². The van der Waals surface area contributed by atoms with Gasteiger partial charge in [-0.05, 0) is 24.4 Å². The zero-order valence-corrected chi connectivity index (χ0v) is 13.7. The van der Waals surface area contributed by atoms with Crippen molar-refractivity contribution in [1.82, 2.24) is 19.7 Å². The van der Waals surface area contributed by atoms with Crippen LogP contribution in [0.15, 0.2) is 6.20 Å². The fourth-order valence-electron chi connectivity index (χ4n) is 2.18. The zero-order valence-electron chi connectivity index (χ0n) is 11.4. The Morgan fingerprint density at radius 1 is 1.10 bits per heavy atom. The largest absolute Gasteiger partial charge is 0.383 e. The zero-order chi connectivity index (χ0) is 14.4. The number of hydrogen-bond donors (Lipinski definition) is 1. The highest BCUT2D eigenvalue weighted by Crippen LogP contribution is 2.19. The van der Waals surface area contributed by atoms with E-state index in [0.29, 0.717) is 5.82 Å². The monoisotopic (exact) mass is 359 g/mol. The van der Waals surface area contributed by atoms with Gasteiger partial charge in [-0.2, -0.15) is 10.1 Å². The maximum absolute atomic E-state index is 5.84. The molecule has 2 N–H and O–H groups in total. The molecule has 0 radical (unpaired) electrons. The van der Waals surface area contributed by atoms with Gasteiger partial charge < -0.3 is 5.73 Å². The molecule has 0 amide bonds. The topological polar surface area (TPSA) is 69.6 Å². The van der Waals surface area contributed by atoms with Crippen molar-refractivity contribution in [2.24, 2.45) is 0 Å². The number of nitrogens with two attached hydrogens (primary N) is 1. The summed E-state index contributed by atoms with van der Waals surface area (Å²) in [5.74, 6) is 0.390. The van der Waals surface area contributed by atoms with E-state index in [1.54, 1.807) is 6.20 Å². The van der Waals surface area contributed by atoms with E-state index >= 15 is 0 Å². The molecule has 2 rings (SSSR count). The molecular formula is C13H19BrClN5. The highest BCUT2D eigenvalue weighted by atomic mass is 79.9. The van der Waals surface area contributed by atoms with Crippen molar-refractivity contribution < 1.29 is 0 Å². The van der Waals surface area contributed by atoms with Crippen molar-refractivity contribution in [2.75, 3.05) is 11.1 Å². The van der Waals surface area contributed by atoms with Gasteiger partial charge in [0.2, 0.25) is 5.28 Å². The average Bonchev–Trinajstić information content (AvgIpc) is 2.81. The number of aryl methyl sites for hydroxylation is 1. The molecule has 0 aliphatic rings. The molecule has 0 saturated heterocycles. The summed E-state index contributed by atoms with van der Waals surface area (Å²) >= 11 is 9.29. The summed E-state index contributed by atoms with van der Waals surface area (Å²) in [6.07, 6.45) is 9.13. The maximum Gasteiger partial charge on any atom is 0.226 e. The van der Waals surface area contributed by atoms with Gasteiger partial charge in [0.15, 0.2) is 5.65 Å². The van der Waals surface area contributed by atoms with E-state index in [2.05, 4.69) is 31.0 Å². The summed E-state index contributed by atoms with van der Waals surface area (Å²) in [6.45, 7) is 0.842. The molecule has 0 aromatic carbocycles. The third-order valence-corrected chi connectivity index (χ3v) is 3.98. The predicted molar refractivity (Wildman–Crippen MR) is 86.2 cm³/mol. The van der Waals surface area contributed by atoms with Crippen LogP contribution < -0.4 is 5.73 Å². The minimum atomic E-state index is 0.173. The minimum Gasteiger partial charge on any atom is -0.383 e. The van der Waals surface area contributed by atoms with E-state index in [-0.39, 0.29) is 5.28 Å². The van der Waals surface area contributed by atoms with Crippen molar-refractivity contribution in [2.45, 2.75) is 45.1 Å². The van der Waals surface area contributed by atoms with Gasteiger partial charge in [0.05, 0.1) is 11.6 Å². The number of nitrogens with zero attached hydrogens (tertiary/aromatic N) is 4. The summed E-state index contributed by atoms with van der Waals surface area (Å²) in [6, 6.07) is 0. The quantitative estimate of drug-likeness (QED) is 0.441. The molecule has 0 bridgehead atoms. The number of nitrogen functional groups attached to an aromatic ring is 1. The summed E-state index contributed by atoms with van der Waals surface area (Å²) in [5, 5.41) is 6.36. The molecule has 2 aromatic heterocycles. The lowest BCUT2D eigenvalue weighted by molar-refractivity contribution is 0.535. The van der Waals surface area contributed by atoms with Gasteiger partial charge in [0, 0.05) is 11.9 Å². The van der Waals surface area contributed by atoms with Crippen LogP contribution in [0.3, 0.4) is 0 Å². The lowest BCUT2D eigenvalue weighted by Gasteiger charge is -2.04. The van der Waals surface area contributed by atoms with Crippen molar-refractivity contribution in [3.63, 3.8) is 0 Å². The fourth-order valence-corrected chi connectivity index (χ4v) is 2.74. The first-order chi connectivity index (χ1) is 9.72. The van der Waals surface area contributed by atoms with Crippen LogP contribution in [0, 0.1) is 0 Å². The average molecular weight is 361 g/mol. The second-order valence-corrected chi connectivity index (χ2v) is 5.92. The first-order valence-corrected chi connectivity index (χ1v) is 8.43. The number of unbranched alkanes of at least 4 members (excludes halogenated alkanes) is 5. The van der Waals surface area contributed by atoms with Gasteiger partial charge in [-0.1, -0.05) is 41.6 Å². The second-order valence-electron chi connectivity index (χ2n) is 4.79. The van der Waals surface area contributed by atoms with E-state index in [9.17, 15) is 0 Å². The highest BCUT2D eigenvalue weighted by Gasteiger charge is 2.09. The van der Waals surface area contributed by atoms with Crippen molar-refractivity contribution >= 4 is 44.4 Å². The number of anilines is 1. The van der Waals surface area contributed by atoms with Crippen LogP contribution in [0.25, 0.3) is 11.0 Å². The molecule has 0 spiro atoms. The lowest BCUT2D eigenvalue weighted by Crippen LogP contribution is -2.02. The van der Waals surface area contributed by atoms with Crippen LogP contribution in [0.5, 0.6) is 0 Å². The Labute approximate surface area is 132 Å². The number of hydrogen-bond acceptors (Lipinski definition) is 4. The van der Waals surface area contributed by atoms with Crippen molar-refractivity contribution in [3.05, 3.63) is 11.5 Å². The van der Waals surface area contributed by atoms with E-state index < -0.39 is 0 Å². The van der Waals surface area contributed by atoms with Crippen LogP contribution in [0.2, 0.25) is 5.28 Å². The Hall–Kier alpha value is -0.880. The van der Waals surface area contributed by atoms with Gasteiger partial charge >= 0.3 is 0 Å². The Balaban J connectivity index is 1.84. The maximum atomic E-state index is 5.84. The molecule has 2 aromatic rings. The molecule has 0 unspecified atom stereocenters. The third kappa shape index (κ3) is 4.06. The van der Waals surface area contributed by atoms with Gasteiger partial charge in [-0.3, -0.25) is 0 Å². The van der Waals surface area contributed by atoms with Crippen molar-refractivity contribution in [3.8, 4) is 0 Å². The summed E-state index contributed by atoms with van der Waals surface area (Å²) in [7, 11) is 0. The van der Waals surface area contributed by atoms with E-state index in [1.165, 1.54) is 32.1 Å². The first-order valence-electron chi connectivity index (χ1n) is 6.93. The second kappa shape index (κ2) is 7.78. The van der Waals surface area contributed by atoms with Crippen LogP contribution in [0.1, 0.15) is 38.5 Å². The molecule has 110 valence electrons. The van der Waals surface area contributed by atoms with Gasteiger partial charge in [0.1, 0.15) is 5.82 Å². The minimum absolute atomic E-state index is 0.173. The van der Waals surface area contributed by atoms with E-state index in [0.717, 1.165) is 29.3 Å². The first kappa shape index (κ1) is 15.5. The predicted octanol–water partition coefficient (Wildman–Crippen LogP) is 3.80. The molecule has 7 heteroatoms. The molecule has 0 aliphatic carbocycles. The number of rotatable bonds is 8. The SMILES string of the molecule is Nc1nc(Cl)nc2c1cnn2CCCCCCCCBr. The molecular weight excluding hydrogens is 342 g/mol. The lowest BCUT2D eigenvalue weighted by atomic mass is 10.1. The van der Waals surface area contributed by atoms with Gasteiger partial charge in [0.25, 0.3) is 0 Å². The van der Waals surface area contributed by atoms with Gasteiger partial charge in [-0.15, -0.1) is 0 Å². The number of halogens is 2. The molecule has 0 atom stereocenters. The third-order valence-electron chi connectivity index (χ3n) is 3.25. The molecule has 0 saturated carbocycles. The normalized spacial score (nSPS) is 11.3. The molecule has 2 heterocycles. The van der Waals surface area contributed by atoms with E-state index in [4.69, 9.17) is 17.3 Å². The van der Waals surface area contributed by atoms with Gasteiger partial charge in [-0.25, -0.2) is 9.67 Å². The Morgan fingerprint density at radius 2 is 1.80 bits per heavy atom. The van der Waals surface area contributed by atoms with E-state index in [1.807, 2.05) is 4.68 Å².